The van der Waals surface area contributed by atoms with Crippen LogP contribution in [0.5, 0.6) is 0 Å². The predicted molar refractivity (Wildman–Crippen MR) is 112 cm³/mol. The van der Waals surface area contributed by atoms with Crippen molar-refractivity contribution >= 4 is 21.8 Å². The van der Waals surface area contributed by atoms with Crippen LogP contribution in [0.15, 0.2) is 18.2 Å². The number of fused-ring (bicyclic) bond motifs is 1. The van der Waals surface area contributed by atoms with Crippen LogP contribution in [0.2, 0.25) is 0 Å². The lowest BCUT2D eigenvalue weighted by Crippen LogP contribution is -2.55. The summed E-state index contributed by atoms with van der Waals surface area (Å²) >= 11 is 0. The fourth-order valence-electron chi connectivity index (χ4n) is 4.54. The minimum atomic E-state index is -3.50. The number of benzene rings is 1. The molecule has 160 valence electrons. The predicted octanol–water partition coefficient (Wildman–Crippen LogP) is 1.70. The fraction of sp³-hybridized carbons (Fsp3) is 0.619. The number of rotatable bonds is 2. The molecule has 2 amide bonds. The smallest absolute Gasteiger partial charge is 0.254 e. The van der Waals surface area contributed by atoms with Gasteiger partial charge < -0.3 is 10.2 Å². The SMILES string of the molecule is Cc1ccc(C(=O)N2CCNC(=O)[C@H]3CCCC[C@H]3N(S(C)(=O)=O)CC2)c(C)c1. The highest BCUT2D eigenvalue weighted by atomic mass is 32.2. The monoisotopic (exact) mass is 421 g/mol. The standard InChI is InChI=1S/C21H31N3O4S/c1-15-8-9-17(16(2)14-15)21(26)23-11-10-22-20(25)18-6-4-5-7-19(18)24(13-12-23)29(3,27)28/h8-9,14,18-19H,4-7,10-13H2,1-3H3,(H,22,25)/t18-,19+/m0/s1. The minimum Gasteiger partial charge on any atom is -0.354 e. The molecule has 8 heteroatoms. The van der Waals surface area contributed by atoms with E-state index in [2.05, 4.69) is 5.32 Å². The Kier molecular flexibility index (Phi) is 6.63. The van der Waals surface area contributed by atoms with E-state index in [1.54, 1.807) is 4.90 Å². The number of hydrogen-bond donors (Lipinski definition) is 1. The Morgan fingerprint density at radius 3 is 2.52 bits per heavy atom. The van der Waals surface area contributed by atoms with Crippen LogP contribution in [0.25, 0.3) is 0 Å². The van der Waals surface area contributed by atoms with Gasteiger partial charge >= 0.3 is 0 Å². The van der Waals surface area contributed by atoms with Gasteiger partial charge in [-0.1, -0.05) is 30.5 Å². The van der Waals surface area contributed by atoms with Crippen molar-refractivity contribution in [1.29, 1.82) is 0 Å². The van der Waals surface area contributed by atoms with Gasteiger partial charge in [-0.05, 0) is 38.3 Å². The molecule has 1 saturated carbocycles. The molecule has 7 nitrogen and oxygen atoms in total. The Balaban J connectivity index is 1.88. The van der Waals surface area contributed by atoms with Crippen LogP contribution in [0.1, 0.15) is 47.2 Å². The first-order valence-electron chi connectivity index (χ1n) is 10.3. The fourth-order valence-corrected chi connectivity index (χ4v) is 5.70. The summed E-state index contributed by atoms with van der Waals surface area (Å²) in [6.07, 6.45) is 4.41. The molecule has 1 saturated heterocycles. The third-order valence-corrected chi connectivity index (χ3v) is 7.34. The zero-order valence-corrected chi connectivity index (χ0v) is 18.3. The quantitative estimate of drug-likeness (QED) is 0.787. The normalized spacial score (nSPS) is 24.5. The molecule has 1 aromatic rings. The molecule has 0 aromatic heterocycles. The highest BCUT2D eigenvalue weighted by Crippen LogP contribution is 2.30. The number of amides is 2. The van der Waals surface area contributed by atoms with Gasteiger partial charge in [0, 0.05) is 37.8 Å². The minimum absolute atomic E-state index is 0.107. The van der Waals surface area contributed by atoms with Crippen molar-refractivity contribution in [3.8, 4) is 0 Å². The molecule has 2 atom stereocenters. The van der Waals surface area contributed by atoms with Crippen LogP contribution in [0, 0.1) is 19.8 Å². The van der Waals surface area contributed by atoms with Crippen molar-refractivity contribution in [1.82, 2.24) is 14.5 Å². The van der Waals surface area contributed by atoms with Crippen molar-refractivity contribution in [3.63, 3.8) is 0 Å². The van der Waals surface area contributed by atoms with E-state index >= 15 is 0 Å². The molecule has 1 aromatic carbocycles. The maximum atomic E-state index is 13.2. The Bertz CT molecular complexity index is 884. The number of hydrogen-bond acceptors (Lipinski definition) is 4. The van der Waals surface area contributed by atoms with Crippen molar-refractivity contribution in [2.24, 2.45) is 5.92 Å². The number of nitrogens with zero attached hydrogens (tertiary/aromatic N) is 2. The van der Waals surface area contributed by atoms with Gasteiger partial charge in [0.25, 0.3) is 5.91 Å². The van der Waals surface area contributed by atoms with Crippen molar-refractivity contribution in [2.45, 2.75) is 45.6 Å². The molecule has 29 heavy (non-hydrogen) atoms. The molecule has 3 rings (SSSR count). The summed E-state index contributed by atoms with van der Waals surface area (Å²) in [5.74, 6) is -0.560. The van der Waals surface area contributed by atoms with Crippen molar-refractivity contribution in [3.05, 3.63) is 34.9 Å². The highest BCUT2D eigenvalue weighted by molar-refractivity contribution is 7.88. The first-order valence-corrected chi connectivity index (χ1v) is 12.1. The molecular weight excluding hydrogens is 390 g/mol. The zero-order valence-electron chi connectivity index (χ0n) is 17.5. The van der Waals surface area contributed by atoms with Crippen LogP contribution in [0.3, 0.4) is 0 Å². The zero-order chi connectivity index (χ0) is 21.2. The Hall–Kier alpha value is -1.93. The lowest BCUT2D eigenvalue weighted by molar-refractivity contribution is -0.127. The highest BCUT2D eigenvalue weighted by Gasteiger charge is 2.39. The summed E-state index contributed by atoms with van der Waals surface area (Å²) < 4.78 is 26.5. The van der Waals surface area contributed by atoms with E-state index in [9.17, 15) is 18.0 Å². The van der Waals surface area contributed by atoms with E-state index in [-0.39, 0.29) is 30.3 Å². The molecule has 1 aliphatic carbocycles. The van der Waals surface area contributed by atoms with E-state index < -0.39 is 10.0 Å². The van der Waals surface area contributed by atoms with Gasteiger partial charge in [-0.25, -0.2) is 8.42 Å². The van der Waals surface area contributed by atoms with E-state index in [0.29, 0.717) is 38.0 Å². The van der Waals surface area contributed by atoms with Crippen molar-refractivity contribution < 1.29 is 18.0 Å². The number of sulfonamides is 1. The average Bonchev–Trinajstić information content (AvgIpc) is 2.65. The van der Waals surface area contributed by atoms with E-state index in [0.717, 1.165) is 24.0 Å². The molecule has 0 unspecified atom stereocenters. The lowest BCUT2D eigenvalue weighted by atomic mass is 9.83. The number of carbonyl (C=O) groups excluding carboxylic acids is 2. The van der Waals surface area contributed by atoms with Crippen LogP contribution >= 0.6 is 0 Å². The van der Waals surface area contributed by atoms with Crippen LogP contribution < -0.4 is 5.32 Å². The van der Waals surface area contributed by atoms with Crippen molar-refractivity contribution in [2.75, 3.05) is 32.4 Å². The molecule has 1 N–H and O–H groups in total. The molecule has 0 spiro atoms. The third kappa shape index (κ3) is 4.98. The summed E-state index contributed by atoms with van der Waals surface area (Å²) in [6.45, 7) is 5.12. The molecule has 0 bridgehead atoms. The molecular formula is C21H31N3O4S. The lowest BCUT2D eigenvalue weighted by Gasteiger charge is -2.39. The first-order chi connectivity index (χ1) is 13.7. The molecule has 2 fully saturated rings. The van der Waals surface area contributed by atoms with Gasteiger partial charge in [0.15, 0.2) is 0 Å². The molecule has 1 aliphatic heterocycles. The van der Waals surface area contributed by atoms with Gasteiger partial charge in [-0.15, -0.1) is 0 Å². The van der Waals surface area contributed by atoms with Gasteiger partial charge in [-0.3, -0.25) is 9.59 Å². The third-order valence-electron chi connectivity index (χ3n) is 6.03. The van der Waals surface area contributed by atoms with Gasteiger partial charge in [0.1, 0.15) is 0 Å². The average molecular weight is 422 g/mol. The summed E-state index contributed by atoms with van der Waals surface area (Å²) in [6, 6.07) is 5.34. The summed E-state index contributed by atoms with van der Waals surface area (Å²) in [5.41, 5.74) is 2.59. The topological polar surface area (TPSA) is 86.8 Å². The maximum Gasteiger partial charge on any atom is 0.254 e. The van der Waals surface area contributed by atoms with Crippen LogP contribution in [-0.4, -0.2) is 67.9 Å². The van der Waals surface area contributed by atoms with E-state index in [1.807, 2.05) is 32.0 Å². The first kappa shape index (κ1) is 21.8. The van der Waals surface area contributed by atoms with Gasteiger partial charge in [0.2, 0.25) is 15.9 Å². The molecule has 0 radical (unpaired) electrons. The number of nitrogens with one attached hydrogen (secondary N) is 1. The second-order valence-corrected chi connectivity index (χ2v) is 10.2. The van der Waals surface area contributed by atoms with Gasteiger partial charge in [-0.2, -0.15) is 4.31 Å². The maximum absolute atomic E-state index is 13.2. The Morgan fingerprint density at radius 2 is 1.83 bits per heavy atom. The second-order valence-electron chi connectivity index (χ2n) is 8.23. The Morgan fingerprint density at radius 1 is 1.10 bits per heavy atom. The summed E-state index contributed by atoms with van der Waals surface area (Å²) in [4.78, 5) is 27.6. The summed E-state index contributed by atoms with van der Waals surface area (Å²) in [5, 5.41) is 2.93. The number of aryl methyl sites for hydroxylation is 2. The number of carbonyl (C=O) groups is 2. The Labute approximate surface area is 173 Å². The van der Waals surface area contributed by atoms with Gasteiger partial charge in [0.05, 0.1) is 12.2 Å². The van der Waals surface area contributed by atoms with Crippen LogP contribution in [-0.2, 0) is 14.8 Å². The molecule has 1 heterocycles. The largest absolute Gasteiger partial charge is 0.354 e. The summed E-state index contributed by atoms with van der Waals surface area (Å²) in [7, 11) is -3.50. The molecule has 2 aliphatic rings. The van der Waals surface area contributed by atoms with E-state index in [4.69, 9.17) is 0 Å². The second kappa shape index (κ2) is 8.83. The van der Waals surface area contributed by atoms with E-state index in [1.165, 1.54) is 10.6 Å². The van der Waals surface area contributed by atoms with Crippen LogP contribution in [0.4, 0.5) is 0 Å².